The summed E-state index contributed by atoms with van der Waals surface area (Å²) in [4.78, 5) is 0. The van der Waals surface area contributed by atoms with Crippen molar-refractivity contribution in [3.63, 3.8) is 0 Å². The number of fused-ring (bicyclic) bond motifs is 9. The largest absolute Gasteiger partial charge is 0.439 e. The van der Waals surface area contributed by atoms with Gasteiger partial charge in [-0.3, -0.25) is 4.57 Å². The lowest BCUT2D eigenvalue weighted by Crippen LogP contribution is -1.94. The van der Waals surface area contributed by atoms with Gasteiger partial charge in [0.05, 0.1) is 21.9 Å². The molecule has 0 aliphatic rings. The van der Waals surface area contributed by atoms with Crippen LogP contribution in [0.5, 0.6) is 0 Å². The molecule has 12 aromatic rings. The summed E-state index contributed by atoms with van der Waals surface area (Å²) >= 11 is 0. The highest BCUT2D eigenvalue weighted by Crippen LogP contribution is 2.41. The molecule has 57 heavy (non-hydrogen) atoms. The Balaban J connectivity index is 0.919. The third-order valence-corrected chi connectivity index (χ3v) is 11.8. The zero-order valence-electron chi connectivity index (χ0n) is 30.9. The molecule has 266 valence electrons. The highest BCUT2D eigenvalue weighted by molar-refractivity contribution is 6.20. The van der Waals surface area contributed by atoms with Crippen molar-refractivity contribution in [3.8, 4) is 44.8 Å². The Labute approximate surface area is 328 Å². The van der Waals surface area contributed by atoms with Crippen molar-refractivity contribution < 1.29 is 4.42 Å². The third kappa shape index (κ3) is 4.92. The highest BCUT2D eigenvalue weighted by atomic mass is 16.3. The Morgan fingerprint density at radius 2 is 0.860 bits per heavy atom. The molecule has 0 amide bonds. The predicted molar refractivity (Wildman–Crippen MR) is 239 cm³/mol. The van der Waals surface area contributed by atoms with Gasteiger partial charge < -0.3 is 8.98 Å². The first-order valence-corrected chi connectivity index (χ1v) is 19.5. The van der Waals surface area contributed by atoms with E-state index >= 15 is 0 Å². The minimum Gasteiger partial charge on any atom is -0.439 e. The van der Waals surface area contributed by atoms with E-state index in [1.165, 1.54) is 71.3 Å². The van der Waals surface area contributed by atoms with Crippen LogP contribution < -0.4 is 0 Å². The van der Waals surface area contributed by atoms with Gasteiger partial charge in [0, 0.05) is 32.9 Å². The molecule has 3 nitrogen and oxygen atoms in total. The van der Waals surface area contributed by atoms with E-state index in [0.29, 0.717) is 0 Å². The number of aromatic nitrogens is 2. The van der Waals surface area contributed by atoms with Gasteiger partial charge in [-0.25, -0.2) is 0 Å². The van der Waals surface area contributed by atoms with Gasteiger partial charge in [0.25, 0.3) is 0 Å². The van der Waals surface area contributed by atoms with Crippen LogP contribution >= 0.6 is 0 Å². The van der Waals surface area contributed by atoms with E-state index in [2.05, 4.69) is 209 Å². The third-order valence-electron chi connectivity index (χ3n) is 11.8. The molecular weight excluding hydrogens is 693 g/mol. The summed E-state index contributed by atoms with van der Waals surface area (Å²) in [6.07, 6.45) is 0. The molecule has 0 saturated heterocycles. The van der Waals surface area contributed by atoms with Crippen LogP contribution in [0, 0.1) is 0 Å². The van der Waals surface area contributed by atoms with E-state index in [9.17, 15) is 0 Å². The predicted octanol–water partition coefficient (Wildman–Crippen LogP) is 14.8. The second-order valence-corrected chi connectivity index (χ2v) is 14.9. The van der Waals surface area contributed by atoms with Crippen LogP contribution in [0.4, 0.5) is 0 Å². The monoisotopic (exact) mass is 726 g/mol. The van der Waals surface area contributed by atoms with Crippen molar-refractivity contribution in [1.82, 2.24) is 9.13 Å². The SMILES string of the molecule is c1ccc(-n2c3ccc(-c4ccc(-c5ccc6c(c5)c5ccccc5n6-c5ccc(-c6cccc7ccccc67)cc5)cc4)cc3c3c4ccccc4oc32)cc1. The smallest absolute Gasteiger partial charge is 0.213 e. The van der Waals surface area contributed by atoms with Crippen molar-refractivity contribution in [3.05, 3.63) is 206 Å². The number of nitrogens with zero attached hydrogens (tertiary/aromatic N) is 2. The quantitative estimate of drug-likeness (QED) is 0.173. The van der Waals surface area contributed by atoms with Crippen LogP contribution in [-0.2, 0) is 0 Å². The van der Waals surface area contributed by atoms with Crippen molar-refractivity contribution in [2.45, 2.75) is 0 Å². The Bertz CT molecular complexity index is 3490. The van der Waals surface area contributed by atoms with Gasteiger partial charge in [0.15, 0.2) is 0 Å². The fraction of sp³-hybridized carbons (Fsp3) is 0. The van der Waals surface area contributed by atoms with Gasteiger partial charge >= 0.3 is 0 Å². The molecule has 0 spiro atoms. The van der Waals surface area contributed by atoms with Crippen molar-refractivity contribution in [2.75, 3.05) is 0 Å². The molecule has 3 heterocycles. The zero-order chi connectivity index (χ0) is 37.5. The number of benzene rings is 9. The summed E-state index contributed by atoms with van der Waals surface area (Å²) in [5.41, 5.74) is 14.8. The van der Waals surface area contributed by atoms with Crippen LogP contribution in [0.15, 0.2) is 211 Å². The number of hydrogen-bond acceptors (Lipinski definition) is 1. The standard InChI is InChI=1S/C54H34N2O/c1-2-13-41(14-3-1)56-51-32-28-40(34-48(51)53-46-17-7-9-20-52(46)57-54(53)56)36-23-21-35(22-24-36)39-27-31-50-47(33-39)45-16-6-8-19-49(45)55(50)42-29-25-38(26-30-42)44-18-10-12-37-11-4-5-15-43(37)44/h1-34H. The molecule has 0 atom stereocenters. The molecule has 0 aliphatic carbocycles. The Morgan fingerprint density at radius 3 is 1.63 bits per heavy atom. The fourth-order valence-corrected chi connectivity index (χ4v) is 9.06. The molecular formula is C54H34N2O. The van der Waals surface area contributed by atoms with Gasteiger partial charge in [0.1, 0.15) is 5.58 Å². The minimum absolute atomic E-state index is 0.875. The molecule has 12 rings (SSSR count). The van der Waals surface area contributed by atoms with E-state index < -0.39 is 0 Å². The first kappa shape index (κ1) is 31.7. The summed E-state index contributed by atoms with van der Waals surface area (Å²) in [5.74, 6) is 0. The topological polar surface area (TPSA) is 23.0 Å². The average Bonchev–Trinajstić information content (AvgIpc) is 3.93. The maximum absolute atomic E-state index is 6.51. The van der Waals surface area contributed by atoms with Crippen molar-refractivity contribution in [1.29, 1.82) is 0 Å². The lowest BCUT2D eigenvalue weighted by atomic mass is 9.98. The van der Waals surface area contributed by atoms with Gasteiger partial charge in [0.2, 0.25) is 5.71 Å². The van der Waals surface area contributed by atoms with E-state index in [1.807, 2.05) is 6.07 Å². The van der Waals surface area contributed by atoms with Crippen molar-refractivity contribution >= 4 is 65.6 Å². The van der Waals surface area contributed by atoms with E-state index in [0.717, 1.165) is 39.0 Å². The van der Waals surface area contributed by atoms with Crippen LogP contribution in [0.25, 0.3) is 110 Å². The molecule has 0 saturated carbocycles. The first-order valence-electron chi connectivity index (χ1n) is 19.5. The first-order chi connectivity index (χ1) is 28.3. The summed E-state index contributed by atoms with van der Waals surface area (Å²) in [6, 6.07) is 74.4. The number of para-hydroxylation sites is 3. The van der Waals surface area contributed by atoms with E-state index in [4.69, 9.17) is 4.42 Å². The molecule has 0 fully saturated rings. The zero-order valence-corrected chi connectivity index (χ0v) is 30.9. The number of furan rings is 1. The van der Waals surface area contributed by atoms with Gasteiger partial charge in [-0.1, -0.05) is 146 Å². The maximum atomic E-state index is 6.51. The Morgan fingerprint density at radius 1 is 0.316 bits per heavy atom. The molecule has 0 aliphatic heterocycles. The normalized spacial score (nSPS) is 11.9. The number of rotatable bonds is 5. The molecule has 0 bridgehead atoms. The summed E-state index contributed by atoms with van der Waals surface area (Å²) in [5, 5.41) is 8.49. The van der Waals surface area contributed by atoms with Crippen LogP contribution in [0.3, 0.4) is 0 Å². The molecule has 3 aromatic heterocycles. The van der Waals surface area contributed by atoms with Gasteiger partial charge in [-0.15, -0.1) is 0 Å². The summed E-state index contributed by atoms with van der Waals surface area (Å²) in [7, 11) is 0. The average molecular weight is 727 g/mol. The van der Waals surface area contributed by atoms with Crippen molar-refractivity contribution in [2.24, 2.45) is 0 Å². The molecule has 0 radical (unpaired) electrons. The fourth-order valence-electron chi connectivity index (χ4n) is 9.06. The second-order valence-electron chi connectivity index (χ2n) is 14.9. The van der Waals surface area contributed by atoms with E-state index in [-0.39, 0.29) is 0 Å². The molecule has 0 unspecified atom stereocenters. The lowest BCUT2D eigenvalue weighted by Gasteiger charge is -2.11. The Kier molecular flexibility index (Phi) is 6.93. The van der Waals surface area contributed by atoms with Crippen LogP contribution in [-0.4, -0.2) is 9.13 Å². The van der Waals surface area contributed by atoms with Crippen LogP contribution in [0.2, 0.25) is 0 Å². The van der Waals surface area contributed by atoms with Gasteiger partial charge in [-0.05, 0) is 105 Å². The number of hydrogen-bond donors (Lipinski definition) is 0. The van der Waals surface area contributed by atoms with Gasteiger partial charge in [-0.2, -0.15) is 0 Å². The highest BCUT2D eigenvalue weighted by Gasteiger charge is 2.20. The maximum Gasteiger partial charge on any atom is 0.213 e. The minimum atomic E-state index is 0.875. The van der Waals surface area contributed by atoms with Crippen LogP contribution in [0.1, 0.15) is 0 Å². The summed E-state index contributed by atoms with van der Waals surface area (Å²) < 4.78 is 11.1. The summed E-state index contributed by atoms with van der Waals surface area (Å²) in [6.45, 7) is 0. The molecule has 9 aromatic carbocycles. The Hall–Kier alpha value is -7.62. The van der Waals surface area contributed by atoms with E-state index in [1.54, 1.807) is 0 Å². The molecule has 0 N–H and O–H groups in total. The second kappa shape index (κ2) is 12.5. The lowest BCUT2D eigenvalue weighted by molar-refractivity contribution is 0.645. The molecule has 3 heteroatoms.